The molecule has 1 saturated heterocycles. The highest BCUT2D eigenvalue weighted by atomic mass is 19.3. The van der Waals surface area contributed by atoms with Gasteiger partial charge in [0.2, 0.25) is 6.43 Å². The van der Waals surface area contributed by atoms with E-state index in [0.29, 0.717) is 19.5 Å². The molecule has 1 rings (SSSR count). The van der Waals surface area contributed by atoms with Crippen molar-refractivity contribution >= 4 is 6.09 Å². The van der Waals surface area contributed by atoms with Crippen molar-refractivity contribution in [2.24, 2.45) is 11.8 Å². The summed E-state index contributed by atoms with van der Waals surface area (Å²) >= 11 is 0. The van der Waals surface area contributed by atoms with Gasteiger partial charge in [-0.2, -0.15) is 0 Å². The van der Waals surface area contributed by atoms with Crippen LogP contribution in [0.25, 0.3) is 0 Å². The van der Waals surface area contributed by atoms with Crippen LogP contribution >= 0.6 is 0 Å². The van der Waals surface area contributed by atoms with E-state index in [9.17, 15) is 13.6 Å². The van der Waals surface area contributed by atoms with Gasteiger partial charge in [-0.05, 0) is 32.7 Å². The molecule has 0 aliphatic carbocycles. The van der Waals surface area contributed by atoms with Crippen molar-refractivity contribution in [3.63, 3.8) is 0 Å². The van der Waals surface area contributed by atoms with E-state index in [1.807, 2.05) is 0 Å². The molecule has 1 amide bonds. The van der Waals surface area contributed by atoms with Gasteiger partial charge in [0.15, 0.2) is 0 Å². The molecule has 0 spiro atoms. The van der Waals surface area contributed by atoms with E-state index in [-0.39, 0.29) is 5.92 Å². The summed E-state index contributed by atoms with van der Waals surface area (Å²) in [5.41, 5.74) is -0.671. The average Bonchev–Trinajstić information content (AvgIpc) is 2.48. The summed E-state index contributed by atoms with van der Waals surface area (Å²) in [6, 6.07) is 0. The smallest absolute Gasteiger partial charge is 0.405 e. The summed E-state index contributed by atoms with van der Waals surface area (Å²) in [6.45, 7) is 4.26. The standard InChI is InChI=1S/C10H18F2N2O2/c1-10(2,14-9(15)16)3-6-4-13-5-7(6)8(11)12/h6-8,13-14H,3-5H2,1-2H3,(H,15,16)/t6-,7+/m1/s1. The minimum Gasteiger partial charge on any atom is -0.465 e. The monoisotopic (exact) mass is 236 g/mol. The van der Waals surface area contributed by atoms with Crippen molar-refractivity contribution in [2.45, 2.75) is 32.2 Å². The van der Waals surface area contributed by atoms with Crippen molar-refractivity contribution in [3.8, 4) is 0 Å². The third kappa shape index (κ3) is 3.59. The Bertz CT molecular complexity index is 259. The second kappa shape index (κ2) is 4.95. The number of alkyl halides is 2. The van der Waals surface area contributed by atoms with Crippen LogP contribution in [0.3, 0.4) is 0 Å². The third-order valence-corrected chi connectivity index (χ3v) is 2.93. The maximum Gasteiger partial charge on any atom is 0.405 e. The first-order valence-electron chi connectivity index (χ1n) is 5.32. The summed E-state index contributed by atoms with van der Waals surface area (Å²) in [7, 11) is 0. The van der Waals surface area contributed by atoms with E-state index in [4.69, 9.17) is 5.11 Å². The van der Waals surface area contributed by atoms with Crippen LogP contribution in [0.4, 0.5) is 13.6 Å². The van der Waals surface area contributed by atoms with Crippen LogP contribution in [0.2, 0.25) is 0 Å². The van der Waals surface area contributed by atoms with Crippen molar-refractivity contribution < 1.29 is 18.7 Å². The molecule has 2 atom stereocenters. The number of carboxylic acid groups (broad SMARTS) is 1. The molecule has 0 aromatic carbocycles. The van der Waals surface area contributed by atoms with Gasteiger partial charge in [-0.3, -0.25) is 0 Å². The molecule has 0 aromatic rings. The van der Waals surface area contributed by atoms with Crippen LogP contribution < -0.4 is 10.6 Å². The number of rotatable bonds is 4. The number of halogens is 2. The lowest BCUT2D eigenvalue weighted by Gasteiger charge is -2.29. The van der Waals surface area contributed by atoms with E-state index >= 15 is 0 Å². The zero-order chi connectivity index (χ0) is 12.3. The van der Waals surface area contributed by atoms with Crippen LogP contribution in [0, 0.1) is 11.8 Å². The van der Waals surface area contributed by atoms with Gasteiger partial charge in [0.25, 0.3) is 0 Å². The predicted molar refractivity (Wildman–Crippen MR) is 55.7 cm³/mol. The van der Waals surface area contributed by atoms with Crippen molar-refractivity contribution in [1.29, 1.82) is 0 Å². The fraction of sp³-hybridized carbons (Fsp3) is 0.900. The lowest BCUT2D eigenvalue weighted by atomic mass is 9.84. The summed E-state index contributed by atoms with van der Waals surface area (Å²) in [5, 5.41) is 13.9. The summed E-state index contributed by atoms with van der Waals surface area (Å²) < 4.78 is 25.3. The lowest BCUT2D eigenvalue weighted by molar-refractivity contribution is 0.0562. The number of nitrogens with one attached hydrogen (secondary N) is 2. The number of hydrogen-bond donors (Lipinski definition) is 3. The first-order chi connectivity index (χ1) is 7.32. The molecule has 1 heterocycles. The maximum absolute atomic E-state index is 12.7. The highest BCUT2D eigenvalue weighted by Crippen LogP contribution is 2.30. The highest BCUT2D eigenvalue weighted by Gasteiger charge is 2.37. The molecule has 1 aliphatic heterocycles. The van der Waals surface area contributed by atoms with Gasteiger partial charge in [0.05, 0.1) is 0 Å². The Balaban J connectivity index is 2.55. The number of carbonyl (C=O) groups is 1. The number of amides is 1. The van der Waals surface area contributed by atoms with E-state index in [1.165, 1.54) is 0 Å². The molecule has 1 aliphatic rings. The Morgan fingerprint density at radius 1 is 1.56 bits per heavy atom. The molecule has 0 bridgehead atoms. The Hall–Kier alpha value is -0.910. The molecular weight excluding hydrogens is 218 g/mol. The van der Waals surface area contributed by atoms with Crippen LogP contribution in [0.1, 0.15) is 20.3 Å². The maximum atomic E-state index is 12.7. The van der Waals surface area contributed by atoms with Gasteiger partial charge in [-0.1, -0.05) is 0 Å². The molecule has 0 radical (unpaired) electrons. The van der Waals surface area contributed by atoms with Crippen LogP contribution in [-0.2, 0) is 0 Å². The molecule has 0 saturated carbocycles. The molecule has 1 fully saturated rings. The highest BCUT2D eigenvalue weighted by molar-refractivity contribution is 5.65. The van der Waals surface area contributed by atoms with Crippen molar-refractivity contribution in [1.82, 2.24) is 10.6 Å². The molecule has 0 aromatic heterocycles. The van der Waals surface area contributed by atoms with Crippen LogP contribution in [0.15, 0.2) is 0 Å². The van der Waals surface area contributed by atoms with Gasteiger partial charge >= 0.3 is 6.09 Å². The number of hydrogen-bond acceptors (Lipinski definition) is 2. The summed E-state index contributed by atoms with van der Waals surface area (Å²) in [5.74, 6) is -0.850. The van der Waals surface area contributed by atoms with Gasteiger partial charge in [-0.15, -0.1) is 0 Å². The van der Waals surface area contributed by atoms with Gasteiger partial charge in [0, 0.05) is 18.0 Å². The van der Waals surface area contributed by atoms with Crippen LogP contribution in [0.5, 0.6) is 0 Å². The quantitative estimate of drug-likeness (QED) is 0.693. The Morgan fingerprint density at radius 3 is 2.69 bits per heavy atom. The molecule has 4 nitrogen and oxygen atoms in total. The minimum atomic E-state index is -2.35. The third-order valence-electron chi connectivity index (χ3n) is 2.93. The van der Waals surface area contributed by atoms with Crippen molar-refractivity contribution in [3.05, 3.63) is 0 Å². The second-order valence-electron chi connectivity index (χ2n) is 4.93. The topological polar surface area (TPSA) is 61.4 Å². The molecular formula is C10H18F2N2O2. The first kappa shape index (κ1) is 13.2. The lowest BCUT2D eigenvalue weighted by Crippen LogP contribution is -2.45. The SMILES string of the molecule is CC(C)(C[C@@H]1CNC[C@@H]1C(F)F)NC(=O)O. The largest absolute Gasteiger partial charge is 0.465 e. The van der Waals surface area contributed by atoms with Crippen LogP contribution in [-0.4, -0.2) is 36.3 Å². The Kier molecular flexibility index (Phi) is 4.07. The fourth-order valence-electron chi connectivity index (χ4n) is 2.27. The van der Waals surface area contributed by atoms with Gasteiger partial charge < -0.3 is 15.7 Å². The zero-order valence-corrected chi connectivity index (χ0v) is 9.46. The van der Waals surface area contributed by atoms with E-state index in [0.717, 1.165) is 0 Å². The average molecular weight is 236 g/mol. The zero-order valence-electron chi connectivity index (χ0n) is 9.46. The Labute approximate surface area is 93.4 Å². The van der Waals surface area contributed by atoms with Crippen molar-refractivity contribution in [2.75, 3.05) is 13.1 Å². The van der Waals surface area contributed by atoms with E-state index in [1.54, 1.807) is 13.8 Å². The molecule has 0 unspecified atom stereocenters. The normalized spacial score (nSPS) is 26.1. The second-order valence-corrected chi connectivity index (χ2v) is 4.93. The molecule has 3 N–H and O–H groups in total. The fourth-order valence-corrected chi connectivity index (χ4v) is 2.27. The molecule has 16 heavy (non-hydrogen) atoms. The molecule has 6 heteroatoms. The Morgan fingerprint density at radius 2 is 2.19 bits per heavy atom. The molecule has 94 valence electrons. The minimum absolute atomic E-state index is 0.179. The first-order valence-corrected chi connectivity index (χ1v) is 5.32. The van der Waals surface area contributed by atoms with E-state index in [2.05, 4.69) is 10.6 Å². The van der Waals surface area contributed by atoms with Gasteiger partial charge in [-0.25, -0.2) is 13.6 Å². The summed E-state index contributed by atoms with van der Waals surface area (Å²) in [6.07, 6.45) is -3.05. The van der Waals surface area contributed by atoms with Gasteiger partial charge in [0.1, 0.15) is 0 Å². The summed E-state index contributed by atoms with van der Waals surface area (Å²) in [4.78, 5) is 10.5. The predicted octanol–water partition coefficient (Wildman–Crippen LogP) is 1.52. The van der Waals surface area contributed by atoms with E-state index < -0.39 is 24.0 Å².